The van der Waals surface area contributed by atoms with Crippen molar-refractivity contribution in [3.8, 4) is 0 Å². The highest BCUT2D eigenvalue weighted by atomic mass is 14.4. The molecule has 0 amide bonds. The first-order valence-corrected chi connectivity index (χ1v) is 4.86. The van der Waals surface area contributed by atoms with E-state index < -0.39 is 0 Å². The van der Waals surface area contributed by atoms with E-state index in [1.807, 2.05) is 0 Å². The van der Waals surface area contributed by atoms with Crippen LogP contribution in [0.3, 0.4) is 0 Å². The lowest BCUT2D eigenvalue weighted by molar-refractivity contribution is 0.182. The largest absolute Gasteiger partial charge is 0.0853 e. The van der Waals surface area contributed by atoms with Crippen LogP contribution in [0, 0.1) is 11.3 Å². The van der Waals surface area contributed by atoms with Gasteiger partial charge in [0.05, 0.1) is 0 Å². The van der Waals surface area contributed by atoms with Crippen LogP contribution in [-0.2, 0) is 0 Å². The molecule has 2 bridgehead atoms. The molecule has 2 atom stereocenters. The van der Waals surface area contributed by atoms with Crippen molar-refractivity contribution in [2.24, 2.45) is 11.3 Å². The maximum Gasteiger partial charge on any atom is -0.0266 e. The van der Waals surface area contributed by atoms with E-state index in [9.17, 15) is 0 Å². The van der Waals surface area contributed by atoms with E-state index in [-0.39, 0.29) is 0 Å². The van der Waals surface area contributed by atoms with Crippen molar-refractivity contribution in [2.75, 3.05) is 0 Å². The van der Waals surface area contributed by atoms with Crippen molar-refractivity contribution in [2.45, 2.75) is 46.0 Å². The lowest BCUT2D eigenvalue weighted by Crippen LogP contribution is -2.28. The van der Waals surface area contributed by atoms with E-state index in [1.165, 1.54) is 32.1 Å². The van der Waals surface area contributed by atoms with Crippen LogP contribution < -0.4 is 0 Å². The standard InChI is InChI=1S/C11H18/c1-9-6-10-4-3-5-11(2,7-9)8-10/h4,9H,3,5-8H2,1-2H3. The third kappa shape index (κ3) is 1.36. The van der Waals surface area contributed by atoms with E-state index in [1.54, 1.807) is 5.57 Å². The molecule has 0 radical (unpaired) electrons. The second-order valence-electron chi connectivity index (χ2n) is 4.90. The zero-order chi connectivity index (χ0) is 7.90. The smallest absolute Gasteiger partial charge is 0.0266 e. The highest BCUT2D eigenvalue weighted by Crippen LogP contribution is 2.47. The van der Waals surface area contributed by atoms with E-state index in [0.717, 1.165) is 5.92 Å². The van der Waals surface area contributed by atoms with Crippen LogP contribution in [0.4, 0.5) is 0 Å². The predicted octanol–water partition coefficient (Wildman–Crippen LogP) is 3.53. The minimum absolute atomic E-state index is 0.682. The molecule has 0 heterocycles. The number of rotatable bonds is 0. The van der Waals surface area contributed by atoms with Gasteiger partial charge in [0, 0.05) is 0 Å². The SMILES string of the molecule is CC1CC2=CCCC(C)(C2)C1. The third-order valence-electron chi connectivity index (χ3n) is 3.29. The number of hydrogen-bond acceptors (Lipinski definition) is 0. The van der Waals surface area contributed by atoms with Crippen LogP contribution in [0.2, 0.25) is 0 Å². The molecule has 0 heteroatoms. The van der Waals surface area contributed by atoms with Gasteiger partial charge in [0.1, 0.15) is 0 Å². The molecule has 0 nitrogen and oxygen atoms in total. The normalized spacial score (nSPS) is 43.5. The number of allylic oxidation sites excluding steroid dienone is 2. The Bertz CT molecular complexity index is 190. The molecular weight excluding hydrogens is 132 g/mol. The fourth-order valence-electron chi connectivity index (χ4n) is 3.02. The number of fused-ring (bicyclic) bond motifs is 2. The Labute approximate surface area is 69.7 Å². The Kier molecular flexibility index (Phi) is 1.59. The topological polar surface area (TPSA) is 0 Å². The molecule has 0 saturated heterocycles. The monoisotopic (exact) mass is 150 g/mol. The summed E-state index contributed by atoms with van der Waals surface area (Å²) < 4.78 is 0. The fraction of sp³-hybridized carbons (Fsp3) is 0.818. The predicted molar refractivity (Wildman–Crippen MR) is 48.4 cm³/mol. The van der Waals surface area contributed by atoms with Crippen molar-refractivity contribution >= 4 is 0 Å². The highest BCUT2D eigenvalue weighted by molar-refractivity contribution is 5.14. The zero-order valence-electron chi connectivity index (χ0n) is 7.69. The highest BCUT2D eigenvalue weighted by Gasteiger charge is 2.34. The summed E-state index contributed by atoms with van der Waals surface area (Å²) in [6.07, 6.45) is 9.51. The Morgan fingerprint density at radius 1 is 1.55 bits per heavy atom. The summed E-state index contributed by atoms with van der Waals surface area (Å²) in [6, 6.07) is 0. The summed E-state index contributed by atoms with van der Waals surface area (Å²) in [5, 5.41) is 0. The van der Waals surface area contributed by atoms with Gasteiger partial charge in [0.25, 0.3) is 0 Å². The number of hydrogen-bond donors (Lipinski definition) is 0. The van der Waals surface area contributed by atoms with Gasteiger partial charge >= 0.3 is 0 Å². The van der Waals surface area contributed by atoms with E-state index >= 15 is 0 Å². The molecule has 2 aliphatic carbocycles. The Morgan fingerprint density at radius 3 is 3.09 bits per heavy atom. The molecule has 0 N–H and O–H groups in total. The van der Waals surface area contributed by atoms with Crippen molar-refractivity contribution in [3.05, 3.63) is 11.6 Å². The molecule has 11 heavy (non-hydrogen) atoms. The summed E-state index contributed by atoms with van der Waals surface area (Å²) in [4.78, 5) is 0. The Morgan fingerprint density at radius 2 is 2.36 bits per heavy atom. The van der Waals surface area contributed by atoms with Crippen molar-refractivity contribution in [1.82, 2.24) is 0 Å². The summed E-state index contributed by atoms with van der Waals surface area (Å²) in [6.45, 7) is 4.87. The van der Waals surface area contributed by atoms with Crippen LogP contribution >= 0.6 is 0 Å². The lowest BCUT2D eigenvalue weighted by atomic mass is 9.64. The van der Waals surface area contributed by atoms with Gasteiger partial charge in [-0.3, -0.25) is 0 Å². The van der Waals surface area contributed by atoms with Gasteiger partial charge in [0.2, 0.25) is 0 Å². The van der Waals surface area contributed by atoms with Gasteiger partial charge in [-0.25, -0.2) is 0 Å². The Hall–Kier alpha value is -0.260. The summed E-state index contributed by atoms with van der Waals surface area (Å²) in [5.74, 6) is 0.945. The second kappa shape index (κ2) is 2.36. The summed E-state index contributed by atoms with van der Waals surface area (Å²) in [7, 11) is 0. The maximum absolute atomic E-state index is 2.48. The van der Waals surface area contributed by atoms with Gasteiger partial charge in [-0.1, -0.05) is 25.5 Å². The quantitative estimate of drug-likeness (QED) is 0.463. The average molecular weight is 150 g/mol. The molecule has 2 rings (SSSR count). The van der Waals surface area contributed by atoms with Gasteiger partial charge < -0.3 is 0 Å². The van der Waals surface area contributed by atoms with E-state index in [4.69, 9.17) is 0 Å². The molecule has 0 aromatic rings. The van der Waals surface area contributed by atoms with Crippen molar-refractivity contribution in [3.63, 3.8) is 0 Å². The molecule has 0 aromatic heterocycles. The van der Waals surface area contributed by atoms with Crippen LogP contribution in [0.5, 0.6) is 0 Å². The molecule has 0 aliphatic heterocycles. The summed E-state index contributed by atoms with van der Waals surface area (Å²) >= 11 is 0. The molecule has 1 saturated carbocycles. The lowest BCUT2D eigenvalue weighted by Gasteiger charge is -2.41. The first-order chi connectivity index (χ1) is 5.18. The second-order valence-corrected chi connectivity index (χ2v) is 4.90. The third-order valence-corrected chi connectivity index (χ3v) is 3.29. The fourth-order valence-corrected chi connectivity index (χ4v) is 3.02. The molecule has 2 unspecified atom stereocenters. The van der Waals surface area contributed by atoms with Gasteiger partial charge in [-0.05, 0) is 43.4 Å². The molecule has 2 aliphatic rings. The van der Waals surface area contributed by atoms with Crippen molar-refractivity contribution in [1.29, 1.82) is 0 Å². The van der Waals surface area contributed by atoms with Crippen LogP contribution in [0.25, 0.3) is 0 Å². The van der Waals surface area contributed by atoms with E-state index in [0.29, 0.717) is 5.41 Å². The first-order valence-electron chi connectivity index (χ1n) is 4.86. The van der Waals surface area contributed by atoms with Gasteiger partial charge in [-0.2, -0.15) is 0 Å². The molecular formula is C11H18. The van der Waals surface area contributed by atoms with Crippen LogP contribution in [0.1, 0.15) is 46.0 Å². The minimum Gasteiger partial charge on any atom is -0.0853 e. The van der Waals surface area contributed by atoms with Crippen molar-refractivity contribution < 1.29 is 0 Å². The molecule has 0 spiro atoms. The molecule has 1 fully saturated rings. The molecule has 62 valence electrons. The average Bonchev–Trinajstić information content (AvgIpc) is 1.82. The van der Waals surface area contributed by atoms with E-state index in [2.05, 4.69) is 19.9 Å². The molecule has 0 aromatic carbocycles. The zero-order valence-corrected chi connectivity index (χ0v) is 7.69. The summed E-state index contributed by atoms with van der Waals surface area (Å²) in [5.41, 5.74) is 2.43. The van der Waals surface area contributed by atoms with Gasteiger partial charge in [-0.15, -0.1) is 0 Å². The maximum atomic E-state index is 2.48. The minimum atomic E-state index is 0.682. The van der Waals surface area contributed by atoms with Crippen LogP contribution in [-0.4, -0.2) is 0 Å². The first kappa shape index (κ1) is 7.39. The van der Waals surface area contributed by atoms with Crippen LogP contribution in [0.15, 0.2) is 11.6 Å². The van der Waals surface area contributed by atoms with Gasteiger partial charge in [0.15, 0.2) is 0 Å². The Balaban J connectivity index is 2.21.